The molecule has 0 saturated heterocycles. The van der Waals surface area contributed by atoms with Gasteiger partial charge in [0.25, 0.3) is 0 Å². The zero-order chi connectivity index (χ0) is 13.8. The van der Waals surface area contributed by atoms with Crippen molar-refractivity contribution in [2.75, 3.05) is 7.11 Å². The minimum Gasteiger partial charge on any atom is -0.465 e. The van der Waals surface area contributed by atoms with E-state index in [-0.39, 0.29) is 12.0 Å². The molecule has 0 spiro atoms. The average Bonchev–Trinajstić information content (AvgIpc) is 2.43. The summed E-state index contributed by atoms with van der Waals surface area (Å²) in [4.78, 5) is 11.3. The molecule has 1 heterocycles. The molecule has 0 radical (unpaired) electrons. The van der Waals surface area contributed by atoms with Gasteiger partial charge in [0.15, 0.2) is 0 Å². The maximum atomic E-state index is 11.3. The number of halogens is 1. The molecule has 19 heavy (non-hydrogen) atoms. The Hall–Kier alpha value is -1.74. The molecule has 1 aliphatic rings. The molecule has 0 bridgehead atoms. The number of benzene rings is 1. The Morgan fingerprint density at radius 1 is 1.37 bits per heavy atom. The number of hydrogen-bond donors (Lipinski definition) is 0. The predicted molar refractivity (Wildman–Crippen MR) is 75.9 cm³/mol. The number of hydrogen-bond acceptors (Lipinski definition) is 3. The van der Waals surface area contributed by atoms with Gasteiger partial charge in [-0.2, -0.15) is 0 Å². The molecule has 0 amide bonds. The van der Waals surface area contributed by atoms with E-state index in [0.717, 1.165) is 12.0 Å². The maximum Gasteiger partial charge on any atom is 0.337 e. The fraction of sp³-hybridized carbons (Fsp3) is 0.267. The molecule has 0 aliphatic carbocycles. The number of nitrogens with zero attached hydrogens (tertiary/aromatic N) is 1. The Balaban J connectivity index is 2.09. The van der Waals surface area contributed by atoms with Crippen LogP contribution in [-0.2, 0) is 11.2 Å². The molecule has 1 aliphatic heterocycles. The second-order valence-electron chi connectivity index (χ2n) is 4.50. The van der Waals surface area contributed by atoms with Crippen molar-refractivity contribution in [3.8, 4) is 0 Å². The third kappa shape index (κ3) is 3.18. The highest BCUT2D eigenvalue weighted by molar-refractivity contribution is 6.14. The summed E-state index contributed by atoms with van der Waals surface area (Å²) in [6, 6.07) is 7.57. The average molecular weight is 278 g/mol. The van der Waals surface area contributed by atoms with Crippen molar-refractivity contribution >= 4 is 17.7 Å². The first-order valence-electron chi connectivity index (χ1n) is 6.08. The third-order valence-electron chi connectivity index (χ3n) is 3.22. The molecule has 4 heteroatoms. The van der Waals surface area contributed by atoms with Crippen LogP contribution in [0.3, 0.4) is 0 Å². The van der Waals surface area contributed by atoms with Crippen molar-refractivity contribution in [1.82, 2.24) is 4.42 Å². The first-order chi connectivity index (χ1) is 9.11. The van der Waals surface area contributed by atoms with Crippen LogP contribution in [0.25, 0.3) is 0 Å². The number of esters is 1. The van der Waals surface area contributed by atoms with Gasteiger partial charge in [0.1, 0.15) is 0 Å². The molecule has 1 aromatic carbocycles. The van der Waals surface area contributed by atoms with Crippen molar-refractivity contribution in [3.05, 3.63) is 59.3 Å². The van der Waals surface area contributed by atoms with E-state index in [0.29, 0.717) is 5.56 Å². The van der Waals surface area contributed by atoms with Crippen LogP contribution >= 0.6 is 11.8 Å². The molecule has 0 fully saturated rings. The summed E-state index contributed by atoms with van der Waals surface area (Å²) in [5.41, 5.74) is 2.91. The van der Waals surface area contributed by atoms with E-state index in [1.165, 1.54) is 12.7 Å². The van der Waals surface area contributed by atoms with Crippen molar-refractivity contribution in [2.45, 2.75) is 19.4 Å². The number of allylic oxidation sites excluding steroid dienone is 2. The lowest BCUT2D eigenvalue weighted by Crippen LogP contribution is -2.28. The van der Waals surface area contributed by atoms with Gasteiger partial charge in [-0.3, -0.25) is 4.42 Å². The molecular formula is C15H16ClNO2. The van der Waals surface area contributed by atoms with Gasteiger partial charge in [-0.25, -0.2) is 4.79 Å². The largest absolute Gasteiger partial charge is 0.465 e. The zero-order valence-corrected chi connectivity index (χ0v) is 11.7. The van der Waals surface area contributed by atoms with E-state index in [2.05, 4.69) is 17.7 Å². The minimum atomic E-state index is -0.317. The maximum absolute atomic E-state index is 11.3. The van der Waals surface area contributed by atoms with Crippen LogP contribution < -0.4 is 0 Å². The van der Waals surface area contributed by atoms with Crippen molar-refractivity contribution in [2.24, 2.45) is 0 Å². The summed E-state index contributed by atoms with van der Waals surface area (Å²) in [6.45, 7) is 2.06. The van der Waals surface area contributed by atoms with Gasteiger partial charge in [-0.05, 0) is 42.7 Å². The molecule has 2 rings (SSSR count). The van der Waals surface area contributed by atoms with Gasteiger partial charge in [-0.1, -0.05) is 18.2 Å². The Kier molecular flexibility index (Phi) is 4.27. The highest BCUT2D eigenvalue weighted by Gasteiger charge is 2.18. The van der Waals surface area contributed by atoms with E-state index < -0.39 is 0 Å². The lowest BCUT2D eigenvalue weighted by Gasteiger charge is -2.27. The summed E-state index contributed by atoms with van der Waals surface area (Å²) in [5, 5.41) is 0. The smallest absolute Gasteiger partial charge is 0.337 e. The normalized spacial score (nSPS) is 18.2. The van der Waals surface area contributed by atoms with Crippen molar-refractivity contribution in [3.63, 3.8) is 0 Å². The summed E-state index contributed by atoms with van der Waals surface area (Å²) in [7, 11) is 1.38. The van der Waals surface area contributed by atoms with Crippen LogP contribution in [0.2, 0.25) is 0 Å². The molecule has 0 N–H and O–H groups in total. The van der Waals surface area contributed by atoms with E-state index in [4.69, 9.17) is 11.8 Å². The summed E-state index contributed by atoms with van der Waals surface area (Å²) < 4.78 is 6.36. The Labute approximate surface area is 118 Å². The van der Waals surface area contributed by atoms with E-state index in [9.17, 15) is 4.79 Å². The first kappa shape index (κ1) is 13.7. The zero-order valence-electron chi connectivity index (χ0n) is 11.0. The first-order valence-corrected chi connectivity index (χ1v) is 6.42. The second kappa shape index (κ2) is 5.93. The molecule has 3 nitrogen and oxygen atoms in total. The Bertz CT molecular complexity index is 519. The number of carbonyl (C=O) groups excluding carboxylic acids is 1. The van der Waals surface area contributed by atoms with Gasteiger partial charge in [-0.15, -0.1) is 0 Å². The molecule has 100 valence electrons. The van der Waals surface area contributed by atoms with Crippen LogP contribution in [0.4, 0.5) is 0 Å². The molecule has 1 atom stereocenters. The van der Waals surface area contributed by atoms with Crippen LogP contribution in [0.5, 0.6) is 0 Å². The summed E-state index contributed by atoms with van der Waals surface area (Å²) >= 11 is 6.16. The fourth-order valence-electron chi connectivity index (χ4n) is 2.05. The molecular weight excluding hydrogens is 262 g/mol. The summed E-state index contributed by atoms with van der Waals surface area (Å²) in [6.07, 6.45) is 6.64. The lowest BCUT2D eigenvalue weighted by molar-refractivity contribution is 0.0600. The van der Waals surface area contributed by atoms with E-state index in [1.807, 2.05) is 24.4 Å². The van der Waals surface area contributed by atoms with Gasteiger partial charge in [0.2, 0.25) is 0 Å². The van der Waals surface area contributed by atoms with Crippen molar-refractivity contribution < 1.29 is 9.53 Å². The monoisotopic (exact) mass is 277 g/mol. The number of ether oxygens (including phenoxy) is 1. The molecule has 0 aromatic heterocycles. The van der Waals surface area contributed by atoms with Crippen LogP contribution in [0, 0.1) is 0 Å². The highest BCUT2D eigenvalue weighted by Crippen LogP contribution is 2.22. The lowest BCUT2D eigenvalue weighted by atomic mass is 9.97. The SMILES string of the molecule is COC(=O)c1ccc(CC2C(C)=CC=CN2Cl)cc1. The third-order valence-corrected chi connectivity index (χ3v) is 3.56. The van der Waals surface area contributed by atoms with E-state index >= 15 is 0 Å². The van der Waals surface area contributed by atoms with Crippen LogP contribution in [0.15, 0.2) is 48.2 Å². The standard InChI is InChI=1S/C15H16ClNO2/c1-11-4-3-9-17(16)14(11)10-12-5-7-13(8-6-12)15(18)19-2/h3-9,14H,10H2,1-2H3. The van der Waals surface area contributed by atoms with Gasteiger partial charge in [0, 0.05) is 18.0 Å². The molecule has 1 aromatic rings. The van der Waals surface area contributed by atoms with Crippen molar-refractivity contribution in [1.29, 1.82) is 0 Å². The highest BCUT2D eigenvalue weighted by atomic mass is 35.5. The molecule has 1 unspecified atom stereocenters. The Morgan fingerprint density at radius 3 is 2.63 bits per heavy atom. The van der Waals surface area contributed by atoms with E-state index in [1.54, 1.807) is 16.6 Å². The second-order valence-corrected chi connectivity index (χ2v) is 4.90. The topological polar surface area (TPSA) is 29.5 Å². The number of methoxy groups -OCH3 is 1. The quantitative estimate of drug-likeness (QED) is 0.627. The minimum absolute atomic E-state index is 0.149. The fourth-order valence-corrected chi connectivity index (χ4v) is 2.34. The number of rotatable bonds is 3. The van der Waals surface area contributed by atoms with Crippen LogP contribution in [0.1, 0.15) is 22.8 Å². The summed E-state index contributed by atoms with van der Waals surface area (Å²) in [5.74, 6) is -0.317. The van der Waals surface area contributed by atoms with Crippen LogP contribution in [-0.4, -0.2) is 23.5 Å². The predicted octanol–water partition coefficient (Wildman–Crippen LogP) is 3.31. The molecule has 0 saturated carbocycles. The Morgan fingerprint density at radius 2 is 2.05 bits per heavy atom. The number of carbonyl (C=O) groups is 1. The van der Waals surface area contributed by atoms with Gasteiger partial charge in [0.05, 0.1) is 18.7 Å². The van der Waals surface area contributed by atoms with Gasteiger partial charge < -0.3 is 4.74 Å². The van der Waals surface area contributed by atoms with Gasteiger partial charge >= 0.3 is 5.97 Å².